The van der Waals surface area contributed by atoms with Crippen molar-refractivity contribution in [1.29, 1.82) is 0 Å². The second kappa shape index (κ2) is 6.75. The van der Waals surface area contributed by atoms with Gasteiger partial charge in [0.15, 0.2) is 0 Å². The molecule has 1 heterocycles. The lowest BCUT2D eigenvalue weighted by Gasteiger charge is -2.36. The summed E-state index contributed by atoms with van der Waals surface area (Å²) >= 11 is 0. The molecule has 0 radical (unpaired) electrons. The molecule has 0 saturated carbocycles. The van der Waals surface area contributed by atoms with Gasteiger partial charge in [0.25, 0.3) is 5.69 Å². The lowest BCUT2D eigenvalue weighted by Crippen LogP contribution is -2.44. The van der Waals surface area contributed by atoms with E-state index in [1.54, 1.807) is 19.1 Å². The number of esters is 1. The van der Waals surface area contributed by atoms with Gasteiger partial charge in [-0.2, -0.15) is 13.2 Å². The van der Waals surface area contributed by atoms with Crippen molar-refractivity contribution in [2.45, 2.75) is 31.5 Å². The van der Waals surface area contributed by atoms with E-state index in [0.29, 0.717) is 12.5 Å². The molecule has 0 fully saturated rings. The average molecular weight is 406 g/mol. The summed E-state index contributed by atoms with van der Waals surface area (Å²) in [5, 5.41) is 14.4. The average Bonchev–Trinajstić information content (AvgIpc) is 3.05. The Kier molecular flexibility index (Phi) is 4.48. The first kappa shape index (κ1) is 19.2. The van der Waals surface area contributed by atoms with Crippen molar-refractivity contribution < 1.29 is 27.6 Å². The third kappa shape index (κ3) is 3.10. The second-order valence-electron chi connectivity index (χ2n) is 7.13. The molecule has 1 aliphatic heterocycles. The Balaban J connectivity index is 1.96. The topological polar surface area (TPSA) is 81.5 Å². The van der Waals surface area contributed by atoms with Crippen molar-refractivity contribution >= 4 is 17.3 Å². The van der Waals surface area contributed by atoms with Crippen LogP contribution >= 0.6 is 0 Å². The number of anilines is 1. The number of ether oxygens (including phenoxy) is 1. The molecule has 0 amide bonds. The number of carbonyl (C=O) groups is 1. The molecule has 4 rings (SSSR count). The smallest absolute Gasteiger partial charge is 0.416 e. The molecular formula is C20H17F3N2O4. The highest BCUT2D eigenvalue weighted by molar-refractivity contribution is 5.85. The molecule has 2 aromatic rings. The van der Waals surface area contributed by atoms with Gasteiger partial charge in [0.1, 0.15) is 11.7 Å². The summed E-state index contributed by atoms with van der Waals surface area (Å²) in [5.74, 6) is -1.55. The fourth-order valence-corrected chi connectivity index (χ4v) is 4.42. The highest BCUT2D eigenvalue weighted by atomic mass is 19.4. The number of nitro groups is 1. The van der Waals surface area contributed by atoms with E-state index in [4.69, 9.17) is 4.74 Å². The lowest BCUT2D eigenvalue weighted by atomic mass is 9.77. The van der Waals surface area contributed by atoms with E-state index in [1.165, 1.54) is 0 Å². The highest BCUT2D eigenvalue weighted by Gasteiger charge is 2.49. The third-order valence-corrected chi connectivity index (χ3v) is 5.55. The minimum absolute atomic E-state index is 0.0565. The predicted octanol–water partition coefficient (Wildman–Crippen LogP) is 4.28. The first-order chi connectivity index (χ1) is 13.7. The van der Waals surface area contributed by atoms with E-state index in [1.807, 2.05) is 12.1 Å². The first-order valence-electron chi connectivity index (χ1n) is 9.12. The molecule has 1 aliphatic carbocycles. The molecule has 152 valence electrons. The number of fused-ring (bicyclic) bond motifs is 5. The predicted molar refractivity (Wildman–Crippen MR) is 97.6 cm³/mol. The van der Waals surface area contributed by atoms with E-state index >= 15 is 0 Å². The Labute approximate surface area is 163 Å². The van der Waals surface area contributed by atoms with Crippen LogP contribution in [0.2, 0.25) is 0 Å². The Hall–Kier alpha value is -3.10. The number of hydrogen-bond acceptors (Lipinski definition) is 5. The van der Waals surface area contributed by atoms with Crippen LogP contribution in [0, 0.1) is 16.0 Å². The summed E-state index contributed by atoms with van der Waals surface area (Å²) in [6.45, 7) is 1.77. The minimum Gasteiger partial charge on any atom is -0.464 e. The number of nitro benzene ring substituents is 1. The maximum Gasteiger partial charge on any atom is 0.416 e. The van der Waals surface area contributed by atoms with Gasteiger partial charge in [0.05, 0.1) is 17.1 Å². The van der Waals surface area contributed by atoms with Crippen molar-refractivity contribution in [3.05, 3.63) is 68.8 Å². The Morgan fingerprint density at radius 2 is 2.00 bits per heavy atom. The molecule has 3 unspecified atom stereocenters. The van der Waals surface area contributed by atoms with Crippen LogP contribution in [0.25, 0.3) is 0 Å². The molecule has 2 aromatic carbocycles. The van der Waals surface area contributed by atoms with Gasteiger partial charge in [-0.15, -0.1) is 0 Å². The van der Waals surface area contributed by atoms with Crippen molar-refractivity contribution in [3.8, 4) is 0 Å². The molecule has 0 aromatic heterocycles. The number of nitrogens with one attached hydrogen (secondary N) is 1. The van der Waals surface area contributed by atoms with Gasteiger partial charge in [0, 0.05) is 17.9 Å². The number of carbonyl (C=O) groups excluding carboxylic acids is 1. The molecule has 0 bridgehead atoms. The zero-order valence-corrected chi connectivity index (χ0v) is 15.3. The van der Waals surface area contributed by atoms with Crippen LogP contribution in [0.5, 0.6) is 0 Å². The zero-order chi connectivity index (χ0) is 20.9. The van der Waals surface area contributed by atoms with Crippen LogP contribution in [-0.2, 0) is 22.1 Å². The number of nitrogens with zero attached hydrogens (tertiary/aromatic N) is 1. The standard InChI is InChI=1S/C20H17F3N2O4/c1-2-29-19(26)18-13-7-10-5-3-4-6-12(10)16(13)14-8-11(20(21,22)23)9-15(25(27)28)17(14)24-18/h3-6,8-9,13,16,18,24H,2,7H2,1H3. The maximum atomic E-state index is 13.4. The minimum atomic E-state index is -4.73. The molecule has 29 heavy (non-hydrogen) atoms. The van der Waals surface area contributed by atoms with E-state index < -0.39 is 46.2 Å². The van der Waals surface area contributed by atoms with Gasteiger partial charge in [-0.05, 0) is 36.1 Å². The fourth-order valence-electron chi connectivity index (χ4n) is 4.42. The Morgan fingerprint density at radius 1 is 1.28 bits per heavy atom. The lowest BCUT2D eigenvalue weighted by molar-refractivity contribution is -0.384. The molecule has 6 nitrogen and oxygen atoms in total. The molecule has 0 spiro atoms. The van der Waals surface area contributed by atoms with Crippen LogP contribution in [-0.4, -0.2) is 23.5 Å². The van der Waals surface area contributed by atoms with Crippen LogP contribution < -0.4 is 5.32 Å². The van der Waals surface area contributed by atoms with Gasteiger partial charge in [-0.1, -0.05) is 24.3 Å². The van der Waals surface area contributed by atoms with Crippen molar-refractivity contribution in [2.24, 2.45) is 5.92 Å². The maximum absolute atomic E-state index is 13.4. The monoisotopic (exact) mass is 406 g/mol. The molecule has 1 N–H and O–H groups in total. The van der Waals surface area contributed by atoms with Crippen LogP contribution in [0.1, 0.15) is 35.1 Å². The van der Waals surface area contributed by atoms with Gasteiger partial charge in [-0.3, -0.25) is 10.1 Å². The van der Waals surface area contributed by atoms with Crippen LogP contribution in [0.15, 0.2) is 36.4 Å². The van der Waals surface area contributed by atoms with Crippen molar-refractivity contribution in [1.82, 2.24) is 0 Å². The number of alkyl halides is 3. The van der Waals surface area contributed by atoms with E-state index in [-0.39, 0.29) is 17.9 Å². The second-order valence-corrected chi connectivity index (χ2v) is 7.13. The Morgan fingerprint density at radius 3 is 2.66 bits per heavy atom. The zero-order valence-electron chi connectivity index (χ0n) is 15.3. The third-order valence-electron chi connectivity index (χ3n) is 5.55. The van der Waals surface area contributed by atoms with E-state index in [2.05, 4.69) is 5.32 Å². The van der Waals surface area contributed by atoms with Gasteiger partial charge < -0.3 is 10.1 Å². The van der Waals surface area contributed by atoms with Gasteiger partial charge in [-0.25, -0.2) is 4.79 Å². The molecule has 0 saturated heterocycles. The van der Waals surface area contributed by atoms with Crippen LogP contribution in [0.3, 0.4) is 0 Å². The van der Waals surface area contributed by atoms with Crippen molar-refractivity contribution in [3.63, 3.8) is 0 Å². The number of rotatable bonds is 3. The number of hydrogen-bond donors (Lipinski definition) is 1. The van der Waals surface area contributed by atoms with E-state index in [0.717, 1.165) is 17.2 Å². The van der Waals surface area contributed by atoms with E-state index in [9.17, 15) is 28.1 Å². The number of benzene rings is 2. The molecule has 3 atom stereocenters. The first-order valence-corrected chi connectivity index (χ1v) is 9.12. The van der Waals surface area contributed by atoms with Crippen molar-refractivity contribution in [2.75, 3.05) is 11.9 Å². The number of halogens is 3. The molecule has 9 heteroatoms. The Bertz CT molecular complexity index is 1010. The van der Waals surface area contributed by atoms with Gasteiger partial charge in [0.2, 0.25) is 0 Å². The molecule has 2 aliphatic rings. The normalized spacial score (nSPS) is 22.1. The van der Waals surface area contributed by atoms with Crippen LogP contribution in [0.4, 0.5) is 24.5 Å². The fraction of sp³-hybridized carbons (Fsp3) is 0.350. The summed E-state index contributed by atoms with van der Waals surface area (Å²) < 4.78 is 45.4. The summed E-state index contributed by atoms with van der Waals surface area (Å²) in [7, 11) is 0. The summed E-state index contributed by atoms with van der Waals surface area (Å²) in [6, 6.07) is 7.81. The largest absolute Gasteiger partial charge is 0.464 e. The summed E-state index contributed by atoms with van der Waals surface area (Å²) in [5.41, 5.74) is 0.0325. The summed E-state index contributed by atoms with van der Waals surface area (Å²) in [4.78, 5) is 23.3. The molecular weight excluding hydrogens is 389 g/mol. The summed E-state index contributed by atoms with van der Waals surface area (Å²) in [6.07, 6.45) is -4.27. The SMILES string of the molecule is CCOC(=O)C1Nc2c(cc(C(F)(F)F)cc2[N+](=O)[O-])C2c3ccccc3CC12. The quantitative estimate of drug-likeness (QED) is 0.468. The van der Waals surface area contributed by atoms with Gasteiger partial charge >= 0.3 is 12.1 Å². The highest BCUT2D eigenvalue weighted by Crippen LogP contribution is 2.53.